The molecule has 0 aliphatic carbocycles. The Morgan fingerprint density at radius 1 is 0.794 bits per heavy atom. The highest BCUT2D eigenvalue weighted by molar-refractivity contribution is 5.82. The summed E-state index contributed by atoms with van der Waals surface area (Å²) in [6.45, 7) is 17.1. The molecule has 1 unspecified atom stereocenters. The molecule has 2 fully saturated rings. The molecule has 0 aromatic rings. The highest BCUT2D eigenvalue weighted by atomic mass is 16.6. The van der Waals surface area contributed by atoms with E-state index in [-0.39, 0.29) is 30.8 Å². The van der Waals surface area contributed by atoms with Gasteiger partial charge in [0.05, 0.1) is 31.4 Å². The maximum atomic E-state index is 13.0. The van der Waals surface area contributed by atoms with Gasteiger partial charge in [0.25, 0.3) is 0 Å². The summed E-state index contributed by atoms with van der Waals surface area (Å²) in [5.74, 6) is -0.465. The predicted octanol–water partition coefficient (Wildman–Crippen LogP) is 4.51. The average molecular weight is 485 g/mol. The van der Waals surface area contributed by atoms with Gasteiger partial charge in [-0.05, 0) is 88.0 Å². The van der Waals surface area contributed by atoms with Gasteiger partial charge in [-0.1, -0.05) is 0 Å². The fourth-order valence-electron chi connectivity index (χ4n) is 4.70. The summed E-state index contributed by atoms with van der Waals surface area (Å²) < 4.78 is 22.5. The zero-order valence-corrected chi connectivity index (χ0v) is 22.6. The van der Waals surface area contributed by atoms with Crippen molar-refractivity contribution in [3.05, 3.63) is 0 Å². The predicted molar refractivity (Wildman–Crippen MR) is 127 cm³/mol. The van der Waals surface area contributed by atoms with E-state index in [1.165, 1.54) is 12.0 Å². The molecule has 34 heavy (non-hydrogen) atoms. The molecule has 2 aliphatic rings. The Morgan fingerprint density at radius 2 is 1.32 bits per heavy atom. The average Bonchev–Trinajstić information content (AvgIpc) is 3.27. The van der Waals surface area contributed by atoms with Crippen LogP contribution >= 0.6 is 0 Å². The number of methoxy groups -OCH3 is 1. The minimum Gasteiger partial charge on any atom is -0.467 e. The van der Waals surface area contributed by atoms with Gasteiger partial charge >= 0.3 is 18.2 Å². The molecule has 2 amide bonds. The Hall–Kier alpha value is -2.03. The number of hydrogen-bond donors (Lipinski definition) is 0. The van der Waals surface area contributed by atoms with Crippen molar-refractivity contribution >= 4 is 18.2 Å². The second-order valence-electron chi connectivity index (χ2n) is 11.9. The first-order valence-electron chi connectivity index (χ1n) is 12.2. The molecule has 2 aliphatic heterocycles. The van der Waals surface area contributed by atoms with Crippen LogP contribution in [0.1, 0.15) is 88.0 Å². The molecule has 2 heterocycles. The van der Waals surface area contributed by atoms with E-state index >= 15 is 0 Å². The molecule has 196 valence electrons. The second kappa shape index (κ2) is 10.3. The van der Waals surface area contributed by atoms with E-state index in [1.54, 1.807) is 25.7 Å². The van der Waals surface area contributed by atoms with Crippen molar-refractivity contribution in [3.63, 3.8) is 0 Å². The number of carbonyl (C=O) groups excluding carboxylic acids is 3. The second-order valence-corrected chi connectivity index (χ2v) is 11.9. The summed E-state index contributed by atoms with van der Waals surface area (Å²) in [5.41, 5.74) is -1.97. The topological polar surface area (TPSA) is 94.6 Å². The molecule has 4 atom stereocenters. The van der Waals surface area contributed by atoms with Crippen molar-refractivity contribution in [1.29, 1.82) is 0 Å². The third kappa shape index (κ3) is 6.99. The normalized spacial score (nSPS) is 25.9. The van der Waals surface area contributed by atoms with E-state index in [9.17, 15) is 14.4 Å². The third-order valence-corrected chi connectivity index (χ3v) is 6.30. The minimum absolute atomic E-state index is 0.0381. The van der Waals surface area contributed by atoms with Gasteiger partial charge < -0.3 is 18.9 Å². The molecule has 2 rings (SSSR count). The Labute approximate surface area is 204 Å². The fraction of sp³-hybridized carbons (Fsp3) is 0.880. The molecule has 9 nitrogen and oxygen atoms in total. The molecule has 2 saturated heterocycles. The van der Waals surface area contributed by atoms with Gasteiger partial charge in [-0.15, -0.1) is 0 Å². The molecule has 0 aromatic heterocycles. The maximum absolute atomic E-state index is 13.0. The van der Waals surface area contributed by atoms with Crippen molar-refractivity contribution in [2.45, 2.75) is 129 Å². The summed E-state index contributed by atoms with van der Waals surface area (Å²) in [7, 11) is 1.31. The fourth-order valence-corrected chi connectivity index (χ4v) is 4.70. The molecule has 0 aromatic carbocycles. The van der Waals surface area contributed by atoms with E-state index in [2.05, 4.69) is 0 Å². The van der Waals surface area contributed by atoms with Crippen LogP contribution in [-0.4, -0.2) is 82.6 Å². The molecule has 9 heteroatoms. The summed E-state index contributed by atoms with van der Waals surface area (Å²) in [4.78, 5) is 41.5. The lowest BCUT2D eigenvalue weighted by atomic mass is 9.96. The van der Waals surface area contributed by atoms with Gasteiger partial charge in [0.2, 0.25) is 0 Å². The molecular weight excluding hydrogens is 440 g/mol. The summed E-state index contributed by atoms with van der Waals surface area (Å²) >= 11 is 0. The molecule has 0 bridgehead atoms. The Bertz CT molecular complexity index is 753. The highest BCUT2D eigenvalue weighted by Gasteiger charge is 2.48. The molecule has 0 N–H and O–H groups in total. The summed E-state index contributed by atoms with van der Waals surface area (Å²) in [5, 5.41) is 0. The maximum Gasteiger partial charge on any atom is 0.411 e. The quantitative estimate of drug-likeness (QED) is 0.418. The van der Waals surface area contributed by atoms with Crippen LogP contribution in [0.4, 0.5) is 9.59 Å². The van der Waals surface area contributed by atoms with Crippen molar-refractivity contribution in [3.8, 4) is 0 Å². The first-order chi connectivity index (χ1) is 15.5. The lowest BCUT2D eigenvalue weighted by molar-refractivity contribution is -0.147. The highest BCUT2D eigenvalue weighted by Crippen LogP contribution is 2.36. The van der Waals surface area contributed by atoms with Crippen molar-refractivity contribution in [2.75, 3.05) is 13.7 Å². The first-order valence-corrected chi connectivity index (χ1v) is 12.2. The number of rotatable bonds is 5. The van der Waals surface area contributed by atoms with Gasteiger partial charge in [0.15, 0.2) is 0 Å². The number of hydrogen-bond acceptors (Lipinski definition) is 7. The van der Waals surface area contributed by atoms with Gasteiger partial charge in [-0.25, -0.2) is 14.4 Å². The zero-order chi connectivity index (χ0) is 26.1. The number of nitrogens with zero attached hydrogens (tertiary/aromatic N) is 2. The van der Waals surface area contributed by atoms with Crippen molar-refractivity contribution < 1.29 is 33.3 Å². The summed E-state index contributed by atoms with van der Waals surface area (Å²) in [6.07, 6.45) is 1.81. The van der Waals surface area contributed by atoms with Gasteiger partial charge in [0.1, 0.15) is 17.2 Å². The van der Waals surface area contributed by atoms with Gasteiger partial charge in [-0.2, -0.15) is 0 Å². The first kappa shape index (κ1) is 28.2. The van der Waals surface area contributed by atoms with Crippen LogP contribution in [0.15, 0.2) is 0 Å². The minimum atomic E-state index is -0.707. The smallest absolute Gasteiger partial charge is 0.411 e. The Balaban J connectivity index is 2.16. The largest absolute Gasteiger partial charge is 0.467 e. The number of esters is 1. The van der Waals surface area contributed by atoms with Crippen LogP contribution in [0.2, 0.25) is 0 Å². The monoisotopic (exact) mass is 484 g/mol. The Kier molecular flexibility index (Phi) is 8.55. The standard InChI is InChI=1S/C25H44N2O7/c1-16-11-14-19(26(16)21(29)33-23(2,3)4)25(8,9)32-15-17-12-13-18(20(28)31-10)27(17)22(30)34-24(5,6)7/h16-19H,11-15H2,1-10H3/t16-,17?,18-,19-/m0/s1. The number of likely N-dealkylation sites (tertiary alicyclic amines) is 2. The molecule has 0 radical (unpaired) electrons. The number of ether oxygens (including phenoxy) is 4. The number of carbonyl (C=O) groups is 3. The van der Waals surface area contributed by atoms with Crippen LogP contribution < -0.4 is 0 Å². The van der Waals surface area contributed by atoms with Crippen molar-refractivity contribution in [2.24, 2.45) is 0 Å². The van der Waals surface area contributed by atoms with E-state index < -0.39 is 34.9 Å². The zero-order valence-electron chi connectivity index (χ0n) is 22.6. The molecule has 0 spiro atoms. The van der Waals surface area contributed by atoms with Gasteiger partial charge in [0, 0.05) is 6.04 Å². The molecular formula is C25H44N2O7. The number of amides is 2. The van der Waals surface area contributed by atoms with Crippen molar-refractivity contribution in [1.82, 2.24) is 9.80 Å². The van der Waals surface area contributed by atoms with E-state index in [4.69, 9.17) is 18.9 Å². The van der Waals surface area contributed by atoms with E-state index in [1.807, 2.05) is 41.5 Å². The lowest BCUT2D eigenvalue weighted by Gasteiger charge is -2.41. The Morgan fingerprint density at radius 3 is 1.82 bits per heavy atom. The van der Waals surface area contributed by atoms with Crippen LogP contribution in [0.3, 0.4) is 0 Å². The van der Waals surface area contributed by atoms with Gasteiger partial charge in [-0.3, -0.25) is 9.80 Å². The van der Waals surface area contributed by atoms with Crippen LogP contribution in [0, 0.1) is 0 Å². The van der Waals surface area contributed by atoms with Crippen LogP contribution in [0.5, 0.6) is 0 Å². The lowest BCUT2D eigenvalue weighted by Crippen LogP contribution is -2.54. The van der Waals surface area contributed by atoms with E-state index in [0.29, 0.717) is 12.8 Å². The third-order valence-electron chi connectivity index (χ3n) is 6.30. The molecule has 0 saturated carbocycles. The van der Waals surface area contributed by atoms with E-state index in [0.717, 1.165) is 12.8 Å². The van der Waals surface area contributed by atoms with Crippen LogP contribution in [-0.2, 0) is 23.7 Å². The van der Waals surface area contributed by atoms with Crippen LogP contribution in [0.25, 0.3) is 0 Å². The SMILES string of the molecule is COC(=O)[C@@H]1CCC(COC(C)(C)[C@@H]2CC[C@H](C)N2C(=O)OC(C)(C)C)N1C(=O)OC(C)(C)C. The summed E-state index contributed by atoms with van der Waals surface area (Å²) in [6, 6.07) is -1.19.